The van der Waals surface area contributed by atoms with Crippen LogP contribution in [0.25, 0.3) is 28.3 Å². The van der Waals surface area contributed by atoms with E-state index in [0.717, 1.165) is 52.9 Å². The summed E-state index contributed by atoms with van der Waals surface area (Å²) in [6.07, 6.45) is 6.70. The number of tetrazole rings is 1. The Morgan fingerprint density at radius 1 is 1.00 bits per heavy atom. The van der Waals surface area contributed by atoms with E-state index in [9.17, 15) is 4.79 Å². The topological polar surface area (TPSA) is 94.3 Å². The Morgan fingerprint density at radius 3 is 2.57 bits per heavy atom. The summed E-state index contributed by atoms with van der Waals surface area (Å²) >= 11 is 0. The normalized spacial score (nSPS) is 11.1. The van der Waals surface area contributed by atoms with Gasteiger partial charge in [0.1, 0.15) is 5.69 Å². The minimum atomic E-state index is -0.0128. The number of hydrogen-bond donors (Lipinski definition) is 1. The highest BCUT2D eigenvalue weighted by Crippen LogP contribution is 2.28. The number of rotatable bonds is 8. The molecule has 2 aromatic carbocycles. The summed E-state index contributed by atoms with van der Waals surface area (Å²) in [6, 6.07) is 20.1. The molecule has 1 N–H and O–H groups in total. The minimum absolute atomic E-state index is 0.0128. The van der Waals surface area contributed by atoms with Gasteiger partial charge in [-0.05, 0) is 53.8 Å². The summed E-state index contributed by atoms with van der Waals surface area (Å²) in [5, 5.41) is 14.3. The number of nitrogens with one attached hydrogen (secondary N) is 1. The van der Waals surface area contributed by atoms with Crippen LogP contribution in [0.1, 0.15) is 36.6 Å². The molecule has 0 fully saturated rings. The third-order valence-corrected chi connectivity index (χ3v) is 6.19. The van der Waals surface area contributed by atoms with Crippen molar-refractivity contribution >= 4 is 0 Å². The van der Waals surface area contributed by atoms with Gasteiger partial charge in [0, 0.05) is 23.7 Å². The third kappa shape index (κ3) is 4.55. The molecule has 0 saturated carbocycles. The van der Waals surface area contributed by atoms with E-state index in [1.807, 2.05) is 66.2 Å². The Morgan fingerprint density at radius 2 is 1.83 bits per heavy atom. The maximum Gasteiger partial charge on any atom is 0.333 e. The second kappa shape index (κ2) is 9.89. The highest BCUT2D eigenvalue weighted by molar-refractivity contribution is 5.77. The van der Waals surface area contributed by atoms with Gasteiger partial charge < -0.3 is 0 Å². The van der Waals surface area contributed by atoms with Crippen LogP contribution in [-0.4, -0.2) is 34.7 Å². The number of benzene rings is 2. The molecule has 0 unspecified atom stereocenters. The first-order valence-corrected chi connectivity index (χ1v) is 11.8. The van der Waals surface area contributed by atoms with E-state index in [4.69, 9.17) is 0 Å². The van der Waals surface area contributed by atoms with Gasteiger partial charge in [-0.3, -0.25) is 14.1 Å². The van der Waals surface area contributed by atoms with Gasteiger partial charge in [0.25, 0.3) is 0 Å². The van der Waals surface area contributed by atoms with Gasteiger partial charge in [-0.15, -0.1) is 10.2 Å². The summed E-state index contributed by atoms with van der Waals surface area (Å²) in [6.45, 7) is 4.72. The Balaban J connectivity index is 1.47. The summed E-state index contributed by atoms with van der Waals surface area (Å²) in [4.78, 5) is 17.9. The number of unbranched alkanes of at least 4 members (excludes halogenated alkanes) is 1. The molecule has 5 aromatic rings. The molecule has 35 heavy (non-hydrogen) atoms. The summed E-state index contributed by atoms with van der Waals surface area (Å²) in [5.74, 6) is 0.453. The number of nitrogens with zero attached hydrogens (tertiary/aromatic N) is 6. The van der Waals surface area contributed by atoms with Crippen molar-refractivity contribution in [3.8, 4) is 28.3 Å². The lowest BCUT2D eigenvalue weighted by molar-refractivity contribution is 0.674. The summed E-state index contributed by atoms with van der Waals surface area (Å²) < 4.78 is 3.67. The van der Waals surface area contributed by atoms with Gasteiger partial charge in [0.15, 0.2) is 0 Å². The molecule has 0 amide bonds. The fourth-order valence-corrected chi connectivity index (χ4v) is 4.31. The van der Waals surface area contributed by atoms with E-state index in [2.05, 4.69) is 44.7 Å². The number of aromatic nitrogens is 7. The minimum Gasteiger partial charge on any atom is -0.292 e. The van der Waals surface area contributed by atoms with Crippen LogP contribution in [0.4, 0.5) is 0 Å². The van der Waals surface area contributed by atoms with E-state index >= 15 is 0 Å². The molecule has 8 heteroatoms. The van der Waals surface area contributed by atoms with Crippen LogP contribution in [0.2, 0.25) is 0 Å². The molecule has 0 atom stereocenters. The van der Waals surface area contributed by atoms with Gasteiger partial charge >= 0.3 is 5.69 Å². The molecule has 0 saturated heterocycles. The number of aryl methyl sites for hydroxylation is 2. The maximum absolute atomic E-state index is 13.5. The number of para-hydroxylation sites is 1. The second-order valence-corrected chi connectivity index (χ2v) is 8.58. The first-order chi connectivity index (χ1) is 17.2. The largest absolute Gasteiger partial charge is 0.333 e. The van der Waals surface area contributed by atoms with Crippen molar-refractivity contribution in [3.63, 3.8) is 0 Å². The Kier molecular flexibility index (Phi) is 6.34. The smallest absolute Gasteiger partial charge is 0.292 e. The van der Waals surface area contributed by atoms with Gasteiger partial charge in [-0.2, -0.15) is 5.21 Å². The van der Waals surface area contributed by atoms with Crippen molar-refractivity contribution in [1.29, 1.82) is 0 Å². The van der Waals surface area contributed by atoms with E-state index in [1.165, 1.54) is 0 Å². The Bertz CT molecular complexity index is 1480. The fourth-order valence-electron chi connectivity index (χ4n) is 4.31. The molecule has 0 aliphatic rings. The molecule has 3 aromatic heterocycles. The first-order valence-electron chi connectivity index (χ1n) is 11.8. The lowest BCUT2D eigenvalue weighted by Gasteiger charge is -2.10. The van der Waals surface area contributed by atoms with Crippen molar-refractivity contribution in [2.45, 2.75) is 39.7 Å². The van der Waals surface area contributed by atoms with Crippen LogP contribution in [-0.2, 0) is 13.0 Å². The molecule has 0 aliphatic heterocycles. The van der Waals surface area contributed by atoms with Crippen molar-refractivity contribution in [1.82, 2.24) is 34.7 Å². The standard InChI is InChI=1S/C27H27N7O/c1-3-4-9-22-18-34(24-11-6-5-8-19(24)2)27(35)33(22)17-20-12-14-21(15-13-20)23-10-7-16-28-25(23)26-29-31-32-30-26/h5-8,10-16,18H,3-4,9,17H2,1-2H3,(H,29,30,31,32). The van der Waals surface area contributed by atoms with E-state index in [-0.39, 0.29) is 5.69 Å². The van der Waals surface area contributed by atoms with Crippen molar-refractivity contribution < 1.29 is 0 Å². The number of imidazole rings is 1. The zero-order chi connectivity index (χ0) is 24.2. The third-order valence-electron chi connectivity index (χ3n) is 6.19. The molecule has 176 valence electrons. The fraction of sp³-hybridized carbons (Fsp3) is 0.222. The van der Waals surface area contributed by atoms with Crippen LogP contribution in [0, 0.1) is 6.92 Å². The molecule has 5 rings (SSSR count). The van der Waals surface area contributed by atoms with E-state index in [1.54, 1.807) is 10.8 Å². The summed E-state index contributed by atoms with van der Waals surface area (Å²) in [5.41, 5.74) is 6.69. The molecular weight excluding hydrogens is 438 g/mol. The van der Waals surface area contributed by atoms with Crippen LogP contribution in [0.3, 0.4) is 0 Å². The Hall–Kier alpha value is -4.33. The van der Waals surface area contributed by atoms with E-state index < -0.39 is 0 Å². The van der Waals surface area contributed by atoms with Crippen LogP contribution in [0.5, 0.6) is 0 Å². The first kappa shape index (κ1) is 22.5. The molecule has 0 radical (unpaired) electrons. The highest BCUT2D eigenvalue weighted by atomic mass is 16.1. The highest BCUT2D eigenvalue weighted by Gasteiger charge is 2.15. The molecule has 0 bridgehead atoms. The molecule has 0 aliphatic carbocycles. The number of hydrogen-bond acceptors (Lipinski definition) is 5. The average Bonchev–Trinajstić information content (AvgIpc) is 3.53. The van der Waals surface area contributed by atoms with Gasteiger partial charge in [0.2, 0.25) is 5.82 Å². The van der Waals surface area contributed by atoms with Crippen molar-refractivity contribution in [2.75, 3.05) is 0 Å². The van der Waals surface area contributed by atoms with E-state index in [0.29, 0.717) is 18.1 Å². The molecular formula is C27H27N7O. The van der Waals surface area contributed by atoms with Gasteiger partial charge in [-0.1, -0.05) is 61.9 Å². The molecule has 0 spiro atoms. The predicted octanol–water partition coefficient (Wildman–Crippen LogP) is 4.58. The Labute approximate surface area is 203 Å². The van der Waals surface area contributed by atoms with Gasteiger partial charge in [-0.25, -0.2) is 4.79 Å². The average molecular weight is 466 g/mol. The van der Waals surface area contributed by atoms with Crippen LogP contribution in [0.15, 0.2) is 77.9 Å². The predicted molar refractivity (Wildman–Crippen MR) is 135 cm³/mol. The SMILES string of the molecule is CCCCc1cn(-c2ccccc2C)c(=O)n1Cc1ccc(-c2cccnc2-c2nn[nH]n2)cc1. The number of pyridine rings is 1. The lowest BCUT2D eigenvalue weighted by atomic mass is 10.0. The van der Waals surface area contributed by atoms with Gasteiger partial charge in [0.05, 0.1) is 12.2 Å². The lowest BCUT2D eigenvalue weighted by Crippen LogP contribution is -2.25. The maximum atomic E-state index is 13.5. The van der Waals surface area contributed by atoms with Crippen molar-refractivity contribution in [2.24, 2.45) is 0 Å². The monoisotopic (exact) mass is 465 g/mol. The second-order valence-electron chi connectivity index (χ2n) is 8.58. The number of H-pyrrole nitrogens is 1. The zero-order valence-corrected chi connectivity index (χ0v) is 19.8. The number of aromatic amines is 1. The summed E-state index contributed by atoms with van der Waals surface area (Å²) in [7, 11) is 0. The molecule has 3 heterocycles. The quantitative estimate of drug-likeness (QED) is 0.362. The zero-order valence-electron chi connectivity index (χ0n) is 19.8. The van der Waals surface area contributed by atoms with Crippen LogP contribution >= 0.6 is 0 Å². The molecule has 8 nitrogen and oxygen atoms in total. The van der Waals surface area contributed by atoms with Crippen molar-refractivity contribution in [3.05, 3.63) is 100 Å². The van der Waals surface area contributed by atoms with Crippen LogP contribution < -0.4 is 5.69 Å².